The zero-order valence-corrected chi connectivity index (χ0v) is 9.67. The van der Waals surface area contributed by atoms with Crippen molar-refractivity contribution >= 4 is 0 Å². The van der Waals surface area contributed by atoms with E-state index in [4.69, 9.17) is 5.73 Å². The van der Waals surface area contributed by atoms with E-state index in [9.17, 15) is 0 Å². The van der Waals surface area contributed by atoms with Crippen molar-refractivity contribution in [2.24, 2.45) is 11.1 Å². The summed E-state index contributed by atoms with van der Waals surface area (Å²) in [5.41, 5.74) is 7.42. The molecule has 1 aromatic carbocycles. The first-order valence-electron chi connectivity index (χ1n) is 5.17. The number of benzene rings is 1. The van der Waals surface area contributed by atoms with Crippen molar-refractivity contribution in [3.05, 3.63) is 35.9 Å². The Bertz CT molecular complexity index is 285. The van der Waals surface area contributed by atoms with E-state index in [1.165, 1.54) is 5.56 Å². The van der Waals surface area contributed by atoms with Crippen LogP contribution in [0.25, 0.3) is 0 Å². The van der Waals surface area contributed by atoms with Crippen LogP contribution in [0.1, 0.15) is 33.3 Å². The molecule has 0 aliphatic rings. The van der Waals surface area contributed by atoms with Gasteiger partial charge in [-0.15, -0.1) is 0 Å². The first kappa shape index (κ1) is 11.3. The van der Waals surface area contributed by atoms with Gasteiger partial charge in [0.15, 0.2) is 0 Å². The number of rotatable bonds is 3. The topological polar surface area (TPSA) is 26.0 Å². The van der Waals surface area contributed by atoms with E-state index in [1.807, 2.05) is 0 Å². The SMILES string of the molecule is CC(C)(CN)C(C)(C)c1ccccc1. The minimum atomic E-state index is 0.114. The summed E-state index contributed by atoms with van der Waals surface area (Å²) in [6.45, 7) is 9.67. The predicted octanol–water partition coefficient (Wildman–Crippen LogP) is 2.95. The van der Waals surface area contributed by atoms with Crippen molar-refractivity contribution in [1.82, 2.24) is 0 Å². The highest BCUT2D eigenvalue weighted by Gasteiger charge is 2.36. The Kier molecular flexibility index (Phi) is 3.01. The highest BCUT2D eigenvalue weighted by molar-refractivity contribution is 5.26. The largest absolute Gasteiger partial charge is 0.330 e. The Morgan fingerprint density at radius 2 is 1.50 bits per heavy atom. The molecule has 0 saturated carbocycles. The summed E-state index contributed by atoms with van der Waals surface area (Å²) < 4.78 is 0. The molecule has 2 N–H and O–H groups in total. The van der Waals surface area contributed by atoms with Gasteiger partial charge < -0.3 is 5.73 Å². The van der Waals surface area contributed by atoms with Crippen LogP contribution in [0.4, 0.5) is 0 Å². The van der Waals surface area contributed by atoms with Gasteiger partial charge in [-0.3, -0.25) is 0 Å². The minimum Gasteiger partial charge on any atom is -0.330 e. The molecule has 0 amide bonds. The lowest BCUT2D eigenvalue weighted by atomic mass is 9.64. The summed E-state index contributed by atoms with van der Waals surface area (Å²) in [6.07, 6.45) is 0. The first-order valence-corrected chi connectivity index (χ1v) is 5.17. The summed E-state index contributed by atoms with van der Waals surface area (Å²) in [5, 5.41) is 0. The summed E-state index contributed by atoms with van der Waals surface area (Å²) >= 11 is 0. The maximum atomic E-state index is 5.83. The zero-order chi connectivity index (χ0) is 10.8. The van der Waals surface area contributed by atoms with Gasteiger partial charge in [0.1, 0.15) is 0 Å². The molecular formula is C13H21N. The van der Waals surface area contributed by atoms with Gasteiger partial charge in [-0.05, 0) is 22.9 Å². The van der Waals surface area contributed by atoms with Crippen molar-refractivity contribution in [3.8, 4) is 0 Å². The molecule has 0 bridgehead atoms. The monoisotopic (exact) mass is 191 g/mol. The van der Waals surface area contributed by atoms with Gasteiger partial charge in [0.25, 0.3) is 0 Å². The van der Waals surface area contributed by atoms with Gasteiger partial charge >= 0.3 is 0 Å². The maximum absolute atomic E-state index is 5.83. The molecule has 0 unspecified atom stereocenters. The van der Waals surface area contributed by atoms with E-state index in [1.54, 1.807) is 0 Å². The average molecular weight is 191 g/mol. The quantitative estimate of drug-likeness (QED) is 0.781. The molecule has 0 aliphatic heterocycles. The fraction of sp³-hybridized carbons (Fsp3) is 0.538. The first-order chi connectivity index (χ1) is 6.42. The van der Waals surface area contributed by atoms with Gasteiger partial charge in [-0.2, -0.15) is 0 Å². The third-order valence-corrected chi connectivity index (χ3v) is 3.70. The lowest BCUT2D eigenvalue weighted by Gasteiger charge is -2.41. The molecule has 0 fully saturated rings. The van der Waals surface area contributed by atoms with Crippen LogP contribution in [0.15, 0.2) is 30.3 Å². The minimum absolute atomic E-state index is 0.114. The molecule has 1 rings (SSSR count). The van der Waals surface area contributed by atoms with Crippen molar-refractivity contribution < 1.29 is 0 Å². The second kappa shape index (κ2) is 3.74. The second-order valence-corrected chi connectivity index (χ2v) is 5.08. The van der Waals surface area contributed by atoms with Crippen LogP contribution in [-0.4, -0.2) is 6.54 Å². The molecule has 14 heavy (non-hydrogen) atoms. The van der Waals surface area contributed by atoms with Crippen molar-refractivity contribution in [1.29, 1.82) is 0 Å². The molecule has 0 saturated heterocycles. The molecule has 78 valence electrons. The third kappa shape index (κ3) is 1.83. The highest BCUT2D eigenvalue weighted by Crippen LogP contribution is 2.40. The zero-order valence-electron chi connectivity index (χ0n) is 9.67. The Labute approximate surface area is 87.3 Å². The molecule has 1 heteroatoms. The third-order valence-electron chi connectivity index (χ3n) is 3.70. The summed E-state index contributed by atoms with van der Waals surface area (Å²) in [6, 6.07) is 10.6. The van der Waals surface area contributed by atoms with E-state index in [0.717, 1.165) is 0 Å². The lowest BCUT2D eigenvalue weighted by Crippen LogP contribution is -2.42. The second-order valence-electron chi connectivity index (χ2n) is 5.08. The van der Waals surface area contributed by atoms with Crippen LogP contribution in [0.5, 0.6) is 0 Å². The van der Waals surface area contributed by atoms with Gasteiger partial charge in [0.05, 0.1) is 0 Å². The lowest BCUT2D eigenvalue weighted by molar-refractivity contribution is 0.207. The van der Waals surface area contributed by atoms with Gasteiger partial charge in [0.2, 0.25) is 0 Å². The summed E-state index contributed by atoms with van der Waals surface area (Å²) in [7, 11) is 0. The van der Waals surface area contributed by atoms with E-state index in [-0.39, 0.29) is 10.8 Å². The molecule has 0 spiro atoms. The van der Waals surface area contributed by atoms with Gasteiger partial charge in [-0.25, -0.2) is 0 Å². The van der Waals surface area contributed by atoms with Crippen LogP contribution in [0.3, 0.4) is 0 Å². The number of hydrogen-bond donors (Lipinski definition) is 1. The van der Waals surface area contributed by atoms with Gasteiger partial charge in [0, 0.05) is 0 Å². The molecule has 1 aromatic rings. The van der Waals surface area contributed by atoms with Gasteiger partial charge in [-0.1, -0.05) is 58.0 Å². The maximum Gasteiger partial charge on any atom is -0.00175 e. The number of nitrogens with two attached hydrogens (primary N) is 1. The Hall–Kier alpha value is -0.820. The van der Waals surface area contributed by atoms with Crippen molar-refractivity contribution in [2.45, 2.75) is 33.1 Å². The van der Waals surface area contributed by atoms with Crippen molar-refractivity contribution in [2.75, 3.05) is 6.54 Å². The van der Waals surface area contributed by atoms with E-state index in [0.29, 0.717) is 6.54 Å². The molecule has 0 atom stereocenters. The highest BCUT2D eigenvalue weighted by atomic mass is 14.6. The van der Waals surface area contributed by atoms with Crippen LogP contribution < -0.4 is 5.73 Å². The molecule has 0 heterocycles. The summed E-state index contributed by atoms with van der Waals surface area (Å²) in [5.74, 6) is 0. The Balaban J connectivity index is 3.08. The fourth-order valence-corrected chi connectivity index (χ4v) is 1.50. The fourth-order valence-electron chi connectivity index (χ4n) is 1.50. The smallest absolute Gasteiger partial charge is 0.00175 e. The predicted molar refractivity (Wildman–Crippen MR) is 62.3 cm³/mol. The Morgan fingerprint density at radius 3 is 1.93 bits per heavy atom. The van der Waals surface area contributed by atoms with Crippen LogP contribution >= 0.6 is 0 Å². The number of hydrogen-bond acceptors (Lipinski definition) is 1. The van der Waals surface area contributed by atoms with Crippen LogP contribution in [0, 0.1) is 5.41 Å². The molecule has 0 aliphatic carbocycles. The summed E-state index contributed by atoms with van der Waals surface area (Å²) in [4.78, 5) is 0. The normalized spacial score (nSPS) is 12.9. The Morgan fingerprint density at radius 1 is 1.00 bits per heavy atom. The molecule has 0 radical (unpaired) electrons. The standard InChI is InChI=1S/C13H21N/c1-12(2,10-14)13(3,4)11-8-6-5-7-9-11/h5-9H,10,14H2,1-4H3. The van der Waals surface area contributed by atoms with Crippen LogP contribution in [0.2, 0.25) is 0 Å². The molecular weight excluding hydrogens is 170 g/mol. The molecule has 1 nitrogen and oxygen atoms in total. The van der Waals surface area contributed by atoms with E-state index < -0.39 is 0 Å². The van der Waals surface area contributed by atoms with E-state index >= 15 is 0 Å². The van der Waals surface area contributed by atoms with Crippen molar-refractivity contribution in [3.63, 3.8) is 0 Å². The molecule has 0 aromatic heterocycles. The van der Waals surface area contributed by atoms with E-state index in [2.05, 4.69) is 58.0 Å². The average Bonchev–Trinajstić information content (AvgIpc) is 2.19. The van der Waals surface area contributed by atoms with Crippen LogP contribution in [-0.2, 0) is 5.41 Å².